The van der Waals surface area contributed by atoms with E-state index in [1.165, 1.54) is 16.8 Å². The zero-order chi connectivity index (χ0) is 12.5. The van der Waals surface area contributed by atoms with Gasteiger partial charge in [0.2, 0.25) is 0 Å². The Morgan fingerprint density at radius 2 is 2.24 bits per heavy atom. The van der Waals surface area contributed by atoms with E-state index in [9.17, 15) is 0 Å². The molecule has 0 amide bonds. The monoisotopic (exact) mass is 227 g/mol. The molecule has 17 heavy (non-hydrogen) atoms. The molecule has 1 rings (SSSR count). The highest BCUT2D eigenvalue weighted by molar-refractivity contribution is 5.45. The van der Waals surface area contributed by atoms with E-state index in [4.69, 9.17) is 0 Å². The van der Waals surface area contributed by atoms with Crippen molar-refractivity contribution in [2.75, 3.05) is 12.4 Å². The minimum atomic E-state index is 1.03. The Hall–Kier alpha value is -1.76. The van der Waals surface area contributed by atoms with Crippen LogP contribution in [0.4, 0.5) is 5.69 Å². The fourth-order valence-corrected chi connectivity index (χ4v) is 1.64. The molecule has 0 saturated carbocycles. The van der Waals surface area contributed by atoms with Crippen molar-refractivity contribution >= 4 is 5.69 Å². The second-order valence-corrected chi connectivity index (χ2v) is 3.92. The largest absolute Gasteiger partial charge is 0.388 e. The van der Waals surface area contributed by atoms with Crippen molar-refractivity contribution in [2.24, 2.45) is 0 Å². The number of hydrogen-bond acceptors (Lipinski definition) is 1. The smallest absolute Gasteiger partial charge is 0.0340 e. The quantitative estimate of drug-likeness (QED) is 0.712. The molecule has 0 aliphatic rings. The minimum absolute atomic E-state index is 1.03. The summed E-state index contributed by atoms with van der Waals surface area (Å²) >= 11 is 0. The minimum Gasteiger partial charge on any atom is -0.388 e. The molecule has 1 N–H and O–H groups in total. The van der Waals surface area contributed by atoms with Crippen LogP contribution >= 0.6 is 0 Å². The first-order chi connectivity index (χ1) is 8.30. The molecule has 0 aromatic heterocycles. The van der Waals surface area contributed by atoms with Crippen LogP contribution in [0.2, 0.25) is 0 Å². The molecule has 0 heterocycles. The van der Waals surface area contributed by atoms with Crippen LogP contribution in [-0.4, -0.2) is 7.05 Å². The third kappa shape index (κ3) is 4.73. The van der Waals surface area contributed by atoms with Gasteiger partial charge in [-0.3, -0.25) is 0 Å². The number of nitrogens with one attached hydrogen (secondary N) is 1. The number of aryl methyl sites for hydroxylation is 1. The van der Waals surface area contributed by atoms with Gasteiger partial charge >= 0.3 is 0 Å². The summed E-state index contributed by atoms with van der Waals surface area (Å²) in [5.41, 5.74) is 3.79. The second-order valence-electron chi connectivity index (χ2n) is 3.92. The Morgan fingerprint density at radius 3 is 2.88 bits per heavy atom. The fraction of sp³-hybridized carbons (Fsp3) is 0.250. The zero-order valence-corrected chi connectivity index (χ0v) is 10.7. The second kappa shape index (κ2) is 7.50. The van der Waals surface area contributed by atoms with Gasteiger partial charge in [-0.1, -0.05) is 43.0 Å². The van der Waals surface area contributed by atoms with Crippen LogP contribution in [0.25, 0.3) is 0 Å². The molecule has 1 nitrogen and oxygen atoms in total. The van der Waals surface area contributed by atoms with Gasteiger partial charge in [-0.25, -0.2) is 0 Å². The average molecular weight is 227 g/mol. The molecule has 0 spiro atoms. The number of benzene rings is 1. The maximum Gasteiger partial charge on any atom is 0.0340 e. The maximum absolute atomic E-state index is 3.85. The van der Waals surface area contributed by atoms with Gasteiger partial charge in [0.25, 0.3) is 0 Å². The molecular weight excluding hydrogens is 206 g/mol. The summed E-state index contributed by atoms with van der Waals surface area (Å²) in [6.07, 6.45) is 10.2. The lowest BCUT2D eigenvalue weighted by Crippen LogP contribution is -1.91. The van der Waals surface area contributed by atoms with Crippen molar-refractivity contribution in [1.29, 1.82) is 0 Å². The van der Waals surface area contributed by atoms with E-state index >= 15 is 0 Å². The first kappa shape index (κ1) is 13.3. The topological polar surface area (TPSA) is 12.0 Å². The molecule has 0 radical (unpaired) electrons. The van der Waals surface area contributed by atoms with Crippen LogP contribution < -0.4 is 5.32 Å². The highest BCUT2D eigenvalue weighted by Gasteiger charge is 1.96. The number of anilines is 1. The van der Waals surface area contributed by atoms with Crippen LogP contribution in [-0.2, 0) is 6.42 Å². The van der Waals surface area contributed by atoms with Crippen molar-refractivity contribution in [1.82, 2.24) is 0 Å². The van der Waals surface area contributed by atoms with E-state index in [1.807, 2.05) is 26.1 Å². The van der Waals surface area contributed by atoms with Crippen molar-refractivity contribution in [3.05, 3.63) is 66.3 Å². The number of hydrogen-bond donors (Lipinski definition) is 1. The standard InChI is InChI=1S/C16H21N/c1-4-6-8-14(5-2)11-12-15-9-7-10-16(13-15)17-3/h4-10,13,17H,2,11-12H2,1,3H3/b6-4-,14-8+. The van der Waals surface area contributed by atoms with E-state index in [1.54, 1.807) is 0 Å². The molecule has 0 atom stereocenters. The molecule has 1 aromatic carbocycles. The average Bonchev–Trinajstić information content (AvgIpc) is 2.39. The van der Waals surface area contributed by atoms with E-state index in [0.717, 1.165) is 12.8 Å². The van der Waals surface area contributed by atoms with Gasteiger partial charge in [0.1, 0.15) is 0 Å². The summed E-state index contributed by atoms with van der Waals surface area (Å²) in [7, 11) is 1.94. The Bertz CT molecular complexity index is 413. The lowest BCUT2D eigenvalue weighted by Gasteiger charge is -2.05. The summed E-state index contributed by atoms with van der Waals surface area (Å²) in [5, 5.41) is 3.16. The normalized spacial score (nSPS) is 11.8. The maximum atomic E-state index is 3.85. The molecule has 0 aliphatic heterocycles. The van der Waals surface area contributed by atoms with Crippen molar-refractivity contribution in [3.8, 4) is 0 Å². The lowest BCUT2D eigenvalue weighted by molar-refractivity contribution is 0.966. The van der Waals surface area contributed by atoms with E-state index in [-0.39, 0.29) is 0 Å². The van der Waals surface area contributed by atoms with Gasteiger partial charge in [0.15, 0.2) is 0 Å². The predicted molar refractivity (Wildman–Crippen MR) is 77.4 cm³/mol. The first-order valence-electron chi connectivity index (χ1n) is 6.01. The molecule has 0 saturated heterocycles. The SMILES string of the molecule is C=C/C(=C\C=C/C)CCc1cccc(NC)c1. The van der Waals surface area contributed by atoms with E-state index in [2.05, 4.69) is 48.3 Å². The number of allylic oxidation sites excluding steroid dienone is 5. The summed E-state index contributed by atoms with van der Waals surface area (Å²) in [4.78, 5) is 0. The van der Waals surface area contributed by atoms with Gasteiger partial charge in [-0.05, 0) is 43.0 Å². The van der Waals surface area contributed by atoms with Crippen LogP contribution in [0, 0.1) is 0 Å². The molecule has 0 fully saturated rings. The van der Waals surface area contributed by atoms with Crippen LogP contribution in [0.15, 0.2) is 60.7 Å². The summed E-state index contributed by atoms with van der Waals surface area (Å²) in [6.45, 7) is 5.87. The van der Waals surface area contributed by atoms with Crippen LogP contribution in [0.5, 0.6) is 0 Å². The van der Waals surface area contributed by atoms with Gasteiger partial charge in [0.05, 0.1) is 0 Å². The molecule has 0 unspecified atom stereocenters. The Morgan fingerprint density at radius 1 is 1.41 bits per heavy atom. The van der Waals surface area contributed by atoms with E-state index < -0.39 is 0 Å². The molecule has 1 aromatic rings. The van der Waals surface area contributed by atoms with Crippen LogP contribution in [0.3, 0.4) is 0 Å². The Labute approximate surface area is 105 Å². The van der Waals surface area contributed by atoms with Gasteiger partial charge in [-0.15, -0.1) is 0 Å². The first-order valence-corrected chi connectivity index (χ1v) is 6.01. The third-order valence-corrected chi connectivity index (χ3v) is 2.68. The molecular formula is C16H21N. The predicted octanol–water partition coefficient (Wildman–Crippen LogP) is 4.35. The molecule has 90 valence electrons. The summed E-state index contributed by atoms with van der Waals surface area (Å²) in [6, 6.07) is 8.52. The van der Waals surface area contributed by atoms with E-state index in [0.29, 0.717) is 0 Å². The Balaban J connectivity index is 2.62. The van der Waals surface area contributed by atoms with Crippen LogP contribution in [0.1, 0.15) is 18.9 Å². The molecule has 0 aliphatic carbocycles. The molecule has 0 bridgehead atoms. The highest BCUT2D eigenvalue weighted by atomic mass is 14.8. The third-order valence-electron chi connectivity index (χ3n) is 2.68. The zero-order valence-electron chi connectivity index (χ0n) is 10.7. The Kier molecular flexibility index (Phi) is 5.87. The summed E-state index contributed by atoms with van der Waals surface area (Å²) < 4.78 is 0. The van der Waals surface area contributed by atoms with Gasteiger partial charge in [-0.2, -0.15) is 0 Å². The lowest BCUT2D eigenvalue weighted by atomic mass is 10.0. The van der Waals surface area contributed by atoms with Gasteiger partial charge in [0, 0.05) is 12.7 Å². The molecule has 1 heteroatoms. The van der Waals surface area contributed by atoms with Crippen molar-refractivity contribution < 1.29 is 0 Å². The van der Waals surface area contributed by atoms with Crippen molar-refractivity contribution in [2.45, 2.75) is 19.8 Å². The van der Waals surface area contributed by atoms with Crippen molar-refractivity contribution in [3.63, 3.8) is 0 Å². The number of rotatable bonds is 6. The van der Waals surface area contributed by atoms with Gasteiger partial charge < -0.3 is 5.32 Å². The fourth-order valence-electron chi connectivity index (χ4n) is 1.64. The highest BCUT2D eigenvalue weighted by Crippen LogP contribution is 2.14. The summed E-state index contributed by atoms with van der Waals surface area (Å²) in [5.74, 6) is 0.